The van der Waals surface area contributed by atoms with E-state index in [1.807, 2.05) is 0 Å². The van der Waals surface area contributed by atoms with Gasteiger partial charge in [-0.15, -0.1) is 0 Å². The number of carbonyl (C=O) groups is 4. The number of carbonyl (C=O) groups excluding carboxylic acids is 4. The lowest BCUT2D eigenvalue weighted by atomic mass is 9.90. The first-order chi connectivity index (χ1) is 9.58. The topological polar surface area (TPSA) is 84.4 Å². The number of nitrogens with zero attached hydrogens (tertiary/aromatic N) is 2. The zero-order valence-electron chi connectivity index (χ0n) is 10.7. The molecule has 102 valence electrons. The van der Waals surface area contributed by atoms with E-state index in [9.17, 15) is 19.2 Å². The summed E-state index contributed by atoms with van der Waals surface area (Å²) in [5.41, 5.74) is 0.801. The summed E-state index contributed by atoms with van der Waals surface area (Å²) in [7, 11) is 0. The molecule has 20 heavy (non-hydrogen) atoms. The predicted molar refractivity (Wildman–Crippen MR) is 66.8 cm³/mol. The molecule has 2 heterocycles. The number of Topliss-reactive ketones (excluding diaryl/α,β-unsaturated/α-hetero) is 2. The van der Waals surface area contributed by atoms with Crippen molar-refractivity contribution in [3.8, 4) is 0 Å². The fourth-order valence-corrected chi connectivity index (χ4v) is 2.69. The van der Waals surface area contributed by atoms with Gasteiger partial charge in [0.05, 0.1) is 30.1 Å². The van der Waals surface area contributed by atoms with E-state index in [-0.39, 0.29) is 37.2 Å². The molecule has 0 saturated heterocycles. The fraction of sp³-hybridized carbons (Fsp3) is 0.357. The first-order valence-electron chi connectivity index (χ1n) is 6.42. The maximum Gasteiger partial charge on any atom is 0.263 e. The highest BCUT2D eigenvalue weighted by Crippen LogP contribution is 2.25. The SMILES string of the molecule is O=C1CCC(N2C(=O)Cc3ncccc3C2=O)C(=O)C1. The highest BCUT2D eigenvalue weighted by molar-refractivity contribution is 6.14. The second kappa shape index (κ2) is 4.63. The van der Waals surface area contributed by atoms with Crippen molar-refractivity contribution in [1.82, 2.24) is 9.88 Å². The Bertz CT molecular complexity index is 638. The summed E-state index contributed by atoms with van der Waals surface area (Å²) in [5.74, 6) is -1.40. The Morgan fingerprint density at radius 3 is 2.70 bits per heavy atom. The maximum absolute atomic E-state index is 12.4. The van der Waals surface area contributed by atoms with Crippen LogP contribution >= 0.6 is 0 Å². The van der Waals surface area contributed by atoms with Gasteiger partial charge in [0.15, 0.2) is 5.78 Å². The monoisotopic (exact) mass is 272 g/mol. The zero-order valence-corrected chi connectivity index (χ0v) is 10.7. The van der Waals surface area contributed by atoms with Crippen molar-refractivity contribution in [2.45, 2.75) is 31.7 Å². The molecule has 2 aliphatic rings. The van der Waals surface area contributed by atoms with Crippen LogP contribution in [0.25, 0.3) is 0 Å². The first-order valence-corrected chi connectivity index (χ1v) is 6.42. The van der Waals surface area contributed by atoms with Gasteiger partial charge in [0.2, 0.25) is 5.91 Å². The van der Waals surface area contributed by atoms with Crippen LogP contribution in [0.15, 0.2) is 18.3 Å². The lowest BCUT2D eigenvalue weighted by Gasteiger charge is -2.34. The van der Waals surface area contributed by atoms with E-state index in [0.717, 1.165) is 4.90 Å². The standard InChI is InChI=1S/C14H12N2O4/c17-8-3-4-11(12(18)6-8)16-13(19)7-10-9(14(16)20)2-1-5-15-10/h1-2,5,11H,3-4,6-7H2. The van der Waals surface area contributed by atoms with Gasteiger partial charge in [-0.05, 0) is 18.6 Å². The van der Waals surface area contributed by atoms with Crippen molar-refractivity contribution in [3.63, 3.8) is 0 Å². The van der Waals surface area contributed by atoms with Gasteiger partial charge in [-0.25, -0.2) is 0 Å². The minimum Gasteiger partial charge on any atom is -0.299 e. The Labute approximate surface area is 114 Å². The van der Waals surface area contributed by atoms with Crippen LogP contribution in [-0.4, -0.2) is 39.3 Å². The number of amides is 2. The lowest BCUT2D eigenvalue weighted by Crippen LogP contribution is -2.53. The highest BCUT2D eigenvalue weighted by atomic mass is 16.2. The quantitative estimate of drug-likeness (QED) is 0.542. The van der Waals surface area contributed by atoms with Crippen molar-refractivity contribution < 1.29 is 19.2 Å². The zero-order chi connectivity index (χ0) is 14.3. The number of rotatable bonds is 1. The molecule has 6 heteroatoms. The summed E-state index contributed by atoms with van der Waals surface area (Å²) < 4.78 is 0. The third-order valence-electron chi connectivity index (χ3n) is 3.68. The molecule has 0 spiro atoms. The van der Waals surface area contributed by atoms with Crippen LogP contribution in [-0.2, 0) is 20.8 Å². The Kier molecular flexibility index (Phi) is 2.93. The van der Waals surface area contributed by atoms with E-state index in [2.05, 4.69) is 4.98 Å². The molecule has 1 atom stereocenters. The van der Waals surface area contributed by atoms with Crippen molar-refractivity contribution in [2.24, 2.45) is 0 Å². The van der Waals surface area contributed by atoms with E-state index in [1.165, 1.54) is 6.20 Å². The van der Waals surface area contributed by atoms with Crippen LogP contribution in [0.1, 0.15) is 35.3 Å². The van der Waals surface area contributed by atoms with Crippen LogP contribution in [0.5, 0.6) is 0 Å². The number of imide groups is 1. The second-order valence-electron chi connectivity index (χ2n) is 4.98. The lowest BCUT2D eigenvalue weighted by molar-refractivity contribution is -0.141. The third kappa shape index (κ3) is 1.93. The van der Waals surface area contributed by atoms with Crippen LogP contribution in [0.3, 0.4) is 0 Å². The van der Waals surface area contributed by atoms with E-state index in [0.29, 0.717) is 11.3 Å². The van der Waals surface area contributed by atoms with E-state index < -0.39 is 17.9 Å². The Morgan fingerprint density at radius 2 is 1.95 bits per heavy atom. The van der Waals surface area contributed by atoms with E-state index in [4.69, 9.17) is 0 Å². The number of hydrogen-bond donors (Lipinski definition) is 0. The minimum atomic E-state index is -0.805. The minimum absolute atomic E-state index is 0.0135. The normalized spacial score (nSPS) is 23.0. The Morgan fingerprint density at radius 1 is 1.15 bits per heavy atom. The van der Waals surface area contributed by atoms with Gasteiger partial charge >= 0.3 is 0 Å². The van der Waals surface area contributed by atoms with Gasteiger partial charge in [-0.3, -0.25) is 29.1 Å². The number of ketones is 2. The fourth-order valence-electron chi connectivity index (χ4n) is 2.69. The van der Waals surface area contributed by atoms with Crippen LogP contribution in [0.2, 0.25) is 0 Å². The Balaban J connectivity index is 1.95. The molecule has 0 aromatic carbocycles. The van der Waals surface area contributed by atoms with Crippen molar-refractivity contribution in [2.75, 3.05) is 0 Å². The molecule has 1 aliphatic carbocycles. The molecule has 0 bridgehead atoms. The molecule has 1 aromatic rings. The van der Waals surface area contributed by atoms with Gasteiger partial charge < -0.3 is 0 Å². The summed E-state index contributed by atoms with van der Waals surface area (Å²) in [5, 5.41) is 0. The summed E-state index contributed by atoms with van der Waals surface area (Å²) in [6, 6.07) is 2.42. The molecule has 1 aliphatic heterocycles. The molecular weight excluding hydrogens is 260 g/mol. The number of pyridine rings is 1. The third-order valence-corrected chi connectivity index (χ3v) is 3.68. The van der Waals surface area contributed by atoms with Crippen LogP contribution in [0.4, 0.5) is 0 Å². The number of aromatic nitrogens is 1. The van der Waals surface area contributed by atoms with Gasteiger partial charge in [-0.1, -0.05) is 0 Å². The summed E-state index contributed by atoms with van der Waals surface area (Å²) in [4.78, 5) is 52.7. The van der Waals surface area contributed by atoms with Gasteiger partial charge in [0, 0.05) is 12.6 Å². The molecule has 0 N–H and O–H groups in total. The molecular formula is C14H12N2O4. The Hall–Kier alpha value is -2.37. The maximum atomic E-state index is 12.4. The molecule has 1 aromatic heterocycles. The van der Waals surface area contributed by atoms with Crippen molar-refractivity contribution >= 4 is 23.4 Å². The highest BCUT2D eigenvalue weighted by Gasteiger charge is 2.41. The van der Waals surface area contributed by atoms with E-state index in [1.54, 1.807) is 12.1 Å². The van der Waals surface area contributed by atoms with Crippen LogP contribution < -0.4 is 0 Å². The molecule has 2 amide bonds. The average Bonchev–Trinajstić information content (AvgIpc) is 2.41. The average molecular weight is 272 g/mol. The smallest absolute Gasteiger partial charge is 0.263 e. The molecule has 6 nitrogen and oxygen atoms in total. The van der Waals surface area contributed by atoms with Gasteiger partial charge in [-0.2, -0.15) is 0 Å². The largest absolute Gasteiger partial charge is 0.299 e. The van der Waals surface area contributed by atoms with E-state index >= 15 is 0 Å². The molecule has 1 unspecified atom stereocenters. The first kappa shape index (κ1) is 12.7. The number of hydrogen-bond acceptors (Lipinski definition) is 5. The number of fused-ring (bicyclic) bond motifs is 1. The van der Waals surface area contributed by atoms with Crippen molar-refractivity contribution in [3.05, 3.63) is 29.6 Å². The van der Waals surface area contributed by atoms with Gasteiger partial charge in [0.1, 0.15) is 5.78 Å². The molecule has 3 rings (SSSR count). The molecule has 0 radical (unpaired) electrons. The molecule has 1 saturated carbocycles. The summed E-state index contributed by atoms with van der Waals surface area (Å²) >= 11 is 0. The van der Waals surface area contributed by atoms with Crippen LogP contribution in [0, 0.1) is 0 Å². The van der Waals surface area contributed by atoms with Gasteiger partial charge in [0.25, 0.3) is 5.91 Å². The molecule has 1 fully saturated rings. The summed E-state index contributed by atoms with van der Waals surface area (Å²) in [6.45, 7) is 0. The predicted octanol–water partition coefficient (Wildman–Crippen LogP) is 0.297. The summed E-state index contributed by atoms with van der Waals surface area (Å²) in [6.07, 6.45) is 1.80. The van der Waals surface area contributed by atoms with Crippen molar-refractivity contribution in [1.29, 1.82) is 0 Å². The second-order valence-corrected chi connectivity index (χ2v) is 4.98.